The van der Waals surface area contributed by atoms with Gasteiger partial charge in [0.2, 0.25) is 5.91 Å². The van der Waals surface area contributed by atoms with Crippen LogP contribution in [0.4, 0.5) is 0 Å². The summed E-state index contributed by atoms with van der Waals surface area (Å²) in [5.41, 5.74) is 9.81. The first-order valence-corrected chi connectivity index (χ1v) is 13.7. The average molecular weight is 519 g/mol. The molecule has 0 radical (unpaired) electrons. The number of aliphatic imine (C=N–C) groups is 1. The maximum atomic E-state index is 13.5. The Bertz CT molecular complexity index is 1190. The second-order valence-electron chi connectivity index (χ2n) is 10.7. The number of hydrogen-bond acceptors (Lipinski definition) is 6. The van der Waals surface area contributed by atoms with E-state index in [9.17, 15) is 4.79 Å². The number of guanidine groups is 1. The molecular weight excluding hydrogens is 476 g/mol. The van der Waals surface area contributed by atoms with E-state index in [1.165, 1.54) is 0 Å². The maximum absolute atomic E-state index is 13.5. The van der Waals surface area contributed by atoms with E-state index in [1.807, 2.05) is 32.1 Å². The van der Waals surface area contributed by atoms with Crippen LogP contribution in [-0.4, -0.2) is 41.1 Å². The van der Waals surface area contributed by atoms with Crippen LogP contribution >= 0.6 is 0 Å². The summed E-state index contributed by atoms with van der Waals surface area (Å²) in [5, 5.41) is 3.64. The van der Waals surface area contributed by atoms with Crippen LogP contribution in [0.3, 0.4) is 0 Å². The molecule has 1 amide bonds. The molecule has 4 unspecified atom stereocenters. The van der Waals surface area contributed by atoms with Gasteiger partial charge >= 0.3 is 0 Å². The Kier molecular flexibility index (Phi) is 8.05. The molecule has 7 heteroatoms. The van der Waals surface area contributed by atoms with Gasteiger partial charge in [0, 0.05) is 29.2 Å². The number of nitrogens with one attached hydrogen (secondary N) is 1. The third-order valence-electron chi connectivity index (χ3n) is 8.18. The number of fused-ring (bicyclic) bond motifs is 1. The molecule has 0 aromatic heterocycles. The standard InChI is InChI=1S/C31H42N4O3/c1-8-12-26-23(9-2)29(19(5)18-37-26)33-21(7)22-13-14-27-24(16-22)25(15-20(6)38-27)35-28(36)17-31(10-3,11-4)34-30(35)32/h8-9,12-14,16,19-20,25,29,33H,1,7,10-11,15,17-18H2,2-6H3,(H2,32,34)/b23-9+,26-12+. The zero-order valence-electron chi connectivity index (χ0n) is 23.4. The lowest BCUT2D eigenvalue weighted by atomic mass is 9.86. The van der Waals surface area contributed by atoms with Crippen molar-refractivity contribution in [2.24, 2.45) is 16.6 Å². The summed E-state index contributed by atoms with van der Waals surface area (Å²) in [5.74, 6) is 2.15. The molecule has 3 aliphatic heterocycles. The lowest BCUT2D eigenvalue weighted by Gasteiger charge is -2.43. The van der Waals surface area contributed by atoms with Crippen LogP contribution in [0.15, 0.2) is 65.9 Å². The molecule has 1 fully saturated rings. The smallest absolute Gasteiger partial charge is 0.232 e. The lowest BCUT2D eigenvalue weighted by molar-refractivity contribution is -0.132. The first-order chi connectivity index (χ1) is 18.2. The Hall–Kier alpha value is -3.48. The molecule has 4 atom stereocenters. The van der Waals surface area contributed by atoms with Crippen molar-refractivity contribution in [3.05, 3.63) is 72.0 Å². The van der Waals surface area contributed by atoms with Gasteiger partial charge in [-0.3, -0.25) is 9.69 Å². The van der Waals surface area contributed by atoms with Crippen LogP contribution in [0.1, 0.15) is 77.5 Å². The van der Waals surface area contributed by atoms with Crippen molar-refractivity contribution in [1.82, 2.24) is 10.2 Å². The summed E-state index contributed by atoms with van der Waals surface area (Å²) < 4.78 is 12.1. The van der Waals surface area contributed by atoms with Crippen molar-refractivity contribution in [2.75, 3.05) is 6.61 Å². The molecule has 4 rings (SSSR count). The SMILES string of the molecule is C=C/C=C1/OCC(C)C(NC(=C)c2ccc3c(c2)C(N2C(=O)CC(CC)(CC)N=C2N)CC(C)O3)/C1=C/C. The Morgan fingerprint density at radius 1 is 1.32 bits per heavy atom. The highest BCUT2D eigenvalue weighted by Gasteiger charge is 2.42. The number of nitrogens with zero attached hydrogens (tertiary/aromatic N) is 2. The van der Waals surface area contributed by atoms with Gasteiger partial charge in [-0.05, 0) is 56.5 Å². The topological polar surface area (TPSA) is 89.2 Å². The van der Waals surface area contributed by atoms with Crippen molar-refractivity contribution in [3.63, 3.8) is 0 Å². The van der Waals surface area contributed by atoms with E-state index in [1.54, 1.807) is 11.0 Å². The second kappa shape index (κ2) is 11.1. The molecule has 7 nitrogen and oxygen atoms in total. The highest BCUT2D eigenvalue weighted by molar-refractivity contribution is 5.99. The van der Waals surface area contributed by atoms with Gasteiger partial charge in [0.25, 0.3) is 0 Å². The maximum Gasteiger partial charge on any atom is 0.232 e. The van der Waals surface area contributed by atoms with Gasteiger partial charge < -0.3 is 20.5 Å². The number of benzene rings is 1. The van der Waals surface area contributed by atoms with Gasteiger partial charge in [-0.1, -0.05) is 46.1 Å². The van der Waals surface area contributed by atoms with Crippen molar-refractivity contribution in [2.45, 2.75) is 84.0 Å². The van der Waals surface area contributed by atoms with Crippen molar-refractivity contribution < 1.29 is 14.3 Å². The number of ether oxygens (including phenoxy) is 2. The van der Waals surface area contributed by atoms with Crippen LogP contribution in [0, 0.1) is 5.92 Å². The molecular formula is C31H42N4O3. The Morgan fingerprint density at radius 3 is 2.68 bits per heavy atom. The first-order valence-electron chi connectivity index (χ1n) is 13.7. The summed E-state index contributed by atoms with van der Waals surface area (Å²) in [4.78, 5) is 20.0. The fraction of sp³-hybridized carbons (Fsp3) is 0.484. The quantitative estimate of drug-likeness (QED) is 0.489. The summed E-state index contributed by atoms with van der Waals surface area (Å²) in [6, 6.07) is 5.84. The van der Waals surface area contributed by atoms with Gasteiger partial charge in [-0.25, -0.2) is 4.99 Å². The minimum Gasteiger partial charge on any atom is -0.493 e. The molecule has 0 bridgehead atoms. The van der Waals surface area contributed by atoms with Crippen molar-refractivity contribution in [1.29, 1.82) is 0 Å². The van der Waals surface area contributed by atoms with Gasteiger partial charge in [-0.15, -0.1) is 0 Å². The molecule has 1 aromatic carbocycles. The van der Waals surface area contributed by atoms with Crippen LogP contribution in [0.25, 0.3) is 5.70 Å². The van der Waals surface area contributed by atoms with Crippen molar-refractivity contribution >= 4 is 17.6 Å². The number of nitrogens with two attached hydrogens (primary N) is 1. The minimum atomic E-state index is -0.416. The number of amides is 1. The molecule has 0 saturated carbocycles. The fourth-order valence-electron chi connectivity index (χ4n) is 5.80. The number of hydrogen-bond donors (Lipinski definition) is 2. The predicted octanol–water partition coefficient (Wildman–Crippen LogP) is 5.62. The summed E-state index contributed by atoms with van der Waals surface area (Å²) in [6.07, 6.45) is 8.22. The van der Waals surface area contributed by atoms with E-state index in [2.05, 4.69) is 51.4 Å². The monoisotopic (exact) mass is 518 g/mol. The number of rotatable bonds is 7. The first kappa shape index (κ1) is 27.6. The molecule has 3 heterocycles. The van der Waals surface area contributed by atoms with E-state index in [-0.39, 0.29) is 30.0 Å². The normalized spacial score (nSPS) is 28.7. The Morgan fingerprint density at radius 2 is 2.05 bits per heavy atom. The Labute approximate surface area is 227 Å². The summed E-state index contributed by atoms with van der Waals surface area (Å²) in [7, 11) is 0. The highest BCUT2D eigenvalue weighted by Crippen LogP contribution is 2.42. The van der Waals surface area contributed by atoms with Gasteiger partial charge in [-0.2, -0.15) is 0 Å². The van der Waals surface area contributed by atoms with Gasteiger partial charge in [0.05, 0.1) is 36.8 Å². The average Bonchev–Trinajstić information content (AvgIpc) is 2.89. The van der Waals surface area contributed by atoms with Crippen molar-refractivity contribution in [3.8, 4) is 5.75 Å². The largest absolute Gasteiger partial charge is 0.493 e. The second-order valence-corrected chi connectivity index (χ2v) is 10.7. The number of carbonyl (C=O) groups excluding carboxylic acids is 1. The molecule has 1 aromatic rings. The van der Waals surface area contributed by atoms with Crippen LogP contribution < -0.4 is 15.8 Å². The van der Waals surface area contributed by atoms with E-state index in [0.717, 1.165) is 46.7 Å². The molecule has 0 aliphatic carbocycles. The zero-order chi connectivity index (χ0) is 27.6. The fourth-order valence-corrected chi connectivity index (χ4v) is 5.80. The molecule has 3 N–H and O–H groups in total. The minimum absolute atomic E-state index is 0.0175. The third kappa shape index (κ3) is 5.11. The molecule has 1 saturated heterocycles. The predicted molar refractivity (Wildman–Crippen MR) is 153 cm³/mol. The number of allylic oxidation sites excluding steroid dienone is 3. The number of carbonyl (C=O) groups is 1. The zero-order valence-corrected chi connectivity index (χ0v) is 23.4. The molecule has 0 spiro atoms. The van der Waals surface area contributed by atoms with Gasteiger partial charge in [0.1, 0.15) is 11.5 Å². The molecule has 204 valence electrons. The van der Waals surface area contributed by atoms with E-state index < -0.39 is 5.54 Å². The highest BCUT2D eigenvalue weighted by atomic mass is 16.5. The van der Waals surface area contributed by atoms with Crippen LogP contribution in [0.5, 0.6) is 5.75 Å². The van der Waals surface area contributed by atoms with E-state index in [4.69, 9.17) is 20.2 Å². The third-order valence-corrected chi connectivity index (χ3v) is 8.18. The molecule has 3 aliphatic rings. The Balaban J connectivity index is 1.66. The van der Waals surface area contributed by atoms with Gasteiger partial charge in [0.15, 0.2) is 5.96 Å². The summed E-state index contributed by atoms with van der Waals surface area (Å²) >= 11 is 0. The van der Waals surface area contributed by atoms with E-state index >= 15 is 0 Å². The van der Waals surface area contributed by atoms with E-state index in [0.29, 0.717) is 25.4 Å². The van der Waals surface area contributed by atoms with Crippen LogP contribution in [-0.2, 0) is 9.53 Å². The summed E-state index contributed by atoms with van der Waals surface area (Å²) in [6.45, 7) is 19.1. The molecule has 38 heavy (non-hydrogen) atoms. The lowest BCUT2D eigenvalue weighted by Crippen LogP contribution is -2.53. The van der Waals surface area contributed by atoms with Crippen LogP contribution in [0.2, 0.25) is 0 Å².